The monoisotopic (exact) mass is 482 g/mol. The second-order valence-corrected chi connectivity index (χ2v) is 11.0. The summed E-state index contributed by atoms with van der Waals surface area (Å²) in [6.45, 7) is 6.87. The van der Waals surface area contributed by atoms with Crippen LogP contribution < -0.4 is 0 Å². The minimum absolute atomic E-state index is 0.554. The molecule has 0 amide bonds. The normalized spacial score (nSPS) is 15.4. The first-order chi connectivity index (χ1) is 17.3. The molecule has 0 spiro atoms. The van der Waals surface area contributed by atoms with Crippen molar-refractivity contribution in [2.75, 3.05) is 6.54 Å². The second kappa shape index (κ2) is 20.7. The average molecular weight is 483 g/mol. The zero-order valence-corrected chi connectivity index (χ0v) is 23.6. The van der Waals surface area contributed by atoms with Crippen molar-refractivity contribution >= 4 is 0 Å². The van der Waals surface area contributed by atoms with Gasteiger partial charge in [-0.15, -0.1) is 0 Å². The standard InChI is InChI=1S/C33H58N2/c1-3-5-7-9-11-12-13-14-15-17-19-24-28-34-29-30-35(31-32-25-21-20-22-26-32)33(34)27-23-18-16-10-8-6-4-2/h20-22,25-26,29-30,33H,3-19,23-24,27-28,31H2,1-2H3. The number of nitrogens with zero attached hydrogens (tertiary/aromatic N) is 2. The fourth-order valence-electron chi connectivity index (χ4n) is 5.49. The van der Waals surface area contributed by atoms with E-state index in [1.165, 1.54) is 141 Å². The summed E-state index contributed by atoms with van der Waals surface area (Å²) in [6, 6.07) is 11.0. The lowest BCUT2D eigenvalue weighted by Crippen LogP contribution is -2.38. The van der Waals surface area contributed by atoms with Crippen LogP contribution in [-0.2, 0) is 6.54 Å². The van der Waals surface area contributed by atoms with Crippen LogP contribution >= 0.6 is 0 Å². The van der Waals surface area contributed by atoms with Gasteiger partial charge in [-0.2, -0.15) is 0 Å². The zero-order valence-electron chi connectivity index (χ0n) is 23.6. The molecule has 35 heavy (non-hydrogen) atoms. The predicted molar refractivity (Wildman–Crippen MR) is 155 cm³/mol. The number of hydrogen-bond donors (Lipinski definition) is 0. The summed E-state index contributed by atoms with van der Waals surface area (Å²) in [4.78, 5) is 5.24. The number of benzene rings is 1. The summed E-state index contributed by atoms with van der Waals surface area (Å²) in [6.07, 6.45) is 33.5. The van der Waals surface area contributed by atoms with E-state index in [9.17, 15) is 0 Å². The minimum atomic E-state index is 0.554. The van der Waals surface area contributed by atoms with Gasteiger partial charge >= 0.3 is 0 Å². The summed E-state index contributed by atoms with van der Waals surface area (Å²) in [7, 11) is 0. The van der Waals surface area contributed by atoms with Crippen molar-refractivity contribution in [1.29, 1.82) is 0 Å². The molecule has 2 nitrogen and oxygen atoms in total. The Morgan fingerprint density at radius 1 is 0.514 bits per heavy atom. The van der Waals surface area contributed by atoms with Crippen molar-refractivity contribution < 1.29 is 0 Å². The molecule has 0 bridgehead atoms. The average Bonchev–Trinajstić information content (AvgIpc) is 3.25. The fraction of sp³-hybridized carbons (Fsp3) is 0.758. The van der Waals surface area contributed by atoms with E-state index in [4.69, 9.17) is 0 Å². The highest BCUT2D eigenvalue weighted by atomic mass is 15.4. The molecular weight excluding hydrogens is 424 g/mol. The Morgan fingerprint density at radius 2 is 0.971 bits per heavy atom. The van der Waals surface area contributed by atoms with Crippen molar-refractivity contribution in [3.05, 3.63) is 48.3 Å². The molecule has 2 rings (SSSR count). The van der Waals surface area contributed by atoms with Crippen LogP contribution in [0.3, 0.4) is 0 Å². The summed E-state index contributed by atoms with van der Waals surface area (Å²) >= 11 is 0. The predicted octanol–water partition coefficient (Wildman–Crippen LogP) is 10.4. The Balaban J connectivity index is 1.62. The second-order valence-electron chi connectivity index (χ2n) is 11.0. The third kappa shape index (κ3) is 14.0. The number of hydrogen-bond acceptors (Lipinski definition) is 2. The van der Waals surface area contributed by atoms with E-state index in [0.29, 0.717) is 6.17 Å². The van der Waals surface area contributed by atoms with Crippen molar-refractivity contribution in [2.45, 2.75) is 155 Å². The molecule has 0 saturated heterocycles. The van der Waals surface area contributed by atoms with E-state index in [-0.39, 0.29) is 0 Å². The van der Waals surface area contributed by atoms with Crippen LogP contribution in [0.2, 0.25) is 0 Å². The highest BCUT2D eigenvalue weighted by molar-refractivity contribution is 5.15. The Hall–Kier alpha value is -1.44. The quantitative estimate of drug-likeness (QED) is 0.143. The van der Waals surface area contributed by atoms with Crippen LogP contribution in [-0.4, -0.2) is 22.5 Å². The molecule has 1 atom stereocenters. The van der Waals surface area contributed by atoms with Crippen LogP contribution in [0.4, 0.5) is 0 Å². The van der Waals surface area contributed by atoms with Crippen molar-refractivity contribution in [2.24, 2.45) is 0 Å². The van der Waals surface area contributed by atoms with Gasteiger partial charge in [-0.1, -0.05) is 153 Å². The zero-order chi connectivity index (χ0) is 24.8. The van der Waals surface area contributed by atoms with Crippen LogP contribution in [0.5, 0.6) is 0 Å². The number of rotatable bonds is 23. The fourth-order valence-corrected chi connectivity index (χ4v) is 5.49. The van der Waals surface area contributed by atoms with Gasteiger partial charge in [0.15, 0.2) is 0 Å². The molecule has 0 saturated carbocycles. The maximum Gasteiger partial charge on any atom is 0.101 e. The van der Waals surface area contributed by atoms with Gasteiger partial charge in [-0.05, 0) is 24.8 Å². The first-order valence-corrected chi connectivity index (χ1v) is 15.6. The molecule has 0 fully saturated rings. The molecule has 0 radical (unpaired) electrons. The van der Waals surface area contributed by atoms with Gasteiger partial charge in [-0.3, -0.25) is 0 Å². The molecule has 1 heterocycles. The Morgan fingerprint density at radius 3 is 1.51 bits per heavy atom. The summed E-state index contributed by atoms with van der Waals surface area (Å²) in [5, 5.41) is 0. The van der Waals surface area contributed by atoms with Crippen molar-refractivity contribution in [3.8, 4) is 0 Å². The third-order valence-corrected chi connectivity index (χ3v) is 7.76. The first-order valence-electron chi connectivity index (χ1n) is 15.6. The van der Waals surface area contributed by atoms with Gasteiger partial charge in [0.2, 0.25) is 0 Å². The van der Waals surface area contributed by atoms with E-state index in [2.05, 4.69) is 66.4 Å². The Labute approximate surface area is 219 Å². The maximum atomic E-state index is 2.65. The third-order valence-electron chi connectivity index (χ3n) is 7.76. The SMILES string of the molecule is CCCCCCCCCCCCCCN1C=CN(Cc2ccccc2)C1CCCCCCCCC. The lowest BCUT2D eigenvalue weighted by atomic mass is 10.0. The van der Waals surface area contributed by atoms with Crippen LogP contribution in [0, 0.1) is 0 Å². The van der Waals surface area contributed by atoms with E-state index in [0.717, 1.165) is 6.54 Å². The molecule has 200 valence electrons. The summed E-state index contributed by atoms with van der Waals surface area (Å²) in [5.41, 5.74) is 1.42. The molecule has 0 aliphatic carbocycles. The smallest absolute Gasteiger partial charge is 0.101 e. The van der Waals surface area contributed by atoms with Crippen LogP contribution in [0.1, 0.15) is 148 Å². The highest BCUT2D eigenvalue weighted by Crippen LogP contribution is 2.25. The lowest BCUT2D eigenvalue weighted by Gasteiger charge is -2.33. The van der Waals surface area contributed by atoms with Crippen molar-refractivity contribution in [3.63, 3.8) is 0 Å². The Kier molecular flexibility index (Phi) is 17.6. The van der Waals surface area contributed by atoms with Crippen molar-refractivity contribution in [1.82, 2.24) is 9.80 Å². The van der Waals surface area contributed by atoms with E-state index in [1.807, 2.05) is 0 Å². The molecule has 1 aromatic rings. The van der Waals surface area contributed by atoms with Gasteiger partial charge in [0.1, 0.15) is 6.17 Å². The van der Waals surface area contributed by atoms with Crippen LogP contribution in [0.25, 0.3) is 0 Å². The van der Waals surface area contributed by atoms with Gasteiger partial charge < -0.3 is 9.80 Å². The number of unbranched alkanes of at least 4 members (excludes halogenated alkanes) is 17. The summed E-state index contributed by atoms with van der Waals surface area (Å²) < 4.78 is 0. The van der Waals surface area contributed by atoms with Gasteiger partial charge in [0.05, 0.1) is 0 Å². The molecule has 0 N–H and O–H groups in total. The molecule has 1 aliphatic rings. The molecule has 2 heteroatoms. The van der Waals surface area contributed by atoms with Gasteiger partial charge in [-0.25, -0.2) is 0 Å². The molecular formula is C33H58N2. The molecule has 0 aromatic heterocycles. The maximum absolute atomic E-state index is 2.65. The first kappa shape index (κ1) is 29.8. The highest BCUT2D eigenvalue weighted by Gasteiger charge is 2.25. The molecule has 1 aliphatic heterocycles. The van der Waals surface area contributed by atoms with Gasteiger partial charge in [0, 0.05) is 25.5 Å². The van der Waals surface area contributed by atoms with E-state index >= 15 is 0 Å². The van der Waals surface area contributed by atoms with Gasteiger partial charge in [0.25, 0.3) is 0 Å². The van der Waals surface area contributed by atoms with Crippen LogP contribution in [0.15, 0.2) is 42.7 Å². The largest absolute Gasteiger partial charge is 0.356 e. The molecule has 1 aromatic carbocycles. The topological polar surface area (TPSA) is 6.48 Å². The van der Waals surface area contributed by atoms with E-state index < -0.39 is 0 Å². The lowest BCUT2D eigenvalue weighted by molar-refractivity contribution is 0.132. The molecule has 1 unspecified atom stereocenters. The Bertz CT molecular complexity index is 611. The van der Waals surface area contributed by atoms with E-state index in [1.54, 1.807) is 0 Å². The minimum Gasteiger partial charge on any atom is -0.356 e. The summed E-state index contributed by atoms with van der Waals surface area (Å²) in [5.74, 6) is 0.